The van der Waals surface area contributed by atoms with Crippen LogP contribution in [0.3, 0.4) is 0 Å². The predicted molar refractivity (Wildman–Crippen MR) is 55.7 cm³/mol. The fraction of sp³-hybridized carbons (Fsp3) is 0.727. The summed E-state index contributed by atoms with van der Waals surface area (Å²) in [5.74, 6) is -3.55. The Hall–Kier alpha value is -1.18. The van der Waals surface area contributed by atoms with E-state index < -0.39 is 35.9 Å². The van der Waals surface area contributed by atoms with Crippen LogP contribution in [0.15, 0.2) is 0 Å². The summed E-state index contributed by atoms with van der Waals surface area (Å²) in [5, 5.41) is 12.9. The Balaban J connectivity index is 2.59. The molecule has 0 saturated carbocycles. The van der Waals surface area contributed by atoms with Crippen molar-refractivity contribution in [3.05, 3.63) is 17.0 Å². The number of rotatable bonds is 2. The van der Waals surface area contributed by atoms with E-state index in [0.29, 0.717) is 6.42 Å². The van der Waals surface area contributed by atoms with Crippen LogP contribution < -0.4 is 0 Å². The van der Waals surface area contributed by atoms with Crippen molar-refractivity contribution in [3.8, 4) is 0 Å². The monoisotopic (exact) mass is 284 g/mol. The Morgan fingerprint density at radius 2 is 2.05 bits per heavy atom. The summed E-state index contributed by atoms with van der Waals surface area (Å²) < 4.78 is 66.3. The van der Waals surface area contributed by atoms with Crippen LogP contribution >= 0.6 is 0 Å². The van der Waals surface area contributed by atoms with Gasteiger partial charge in [0.2, 0.25) is 0 Å². The van der Waals surface area contributed by atoms with Crippen LogP contribution in [0.25, 0.3) is 0 Å². The first-order valence-electron chi connectivity index (χ1n) is 5.91. The Bertz CT molecular complexity index is 480. The molecule has 1 aromatic rings. The summed E-state index contributed by atoms with van der Waals surface area (Å²) in [6, 6.07) is 0. The number of halogens is 5. The number of fused-ring (bicyclic) bond motifs is 1. The lowest BCUT2D eigenvalue weighted by Gasteiger charge is -2.28. The topological polar surface area (TPSA) is 38.0 Å². The number of aliphatic hydroxyl groups excluding tert-OH is 1. The Morgan fingerprint density at radius 3 is 2.58 bits per heavy atom. The lowest BCUT2D eigenvalue weighted by molar-refractivity contribution is -0.150. The molecule has 1 aliphatic rings. The highest BCUT2D eigenvalue weighted by Crippen LogP contribution is 2.46. The number of aliphatic hydroxyl groups is 1. The van der Waals surface area contributed by atoms with Crippen LogP contribution in [0.5, 0.6) is 0 Å². The first-order valence-corrected chi connectivity index (χ1v) is 5.91. The fourth-order valence-corrected chi connectivity index (χ4v) is 2.30. The van der Waals surface area contributed by atoms with Crippen molar-refractivity contribution in [2.75, 3.05) is 0 Å². The third-order valence-corrected chi connectivity index (χ3v) is 3.17. The predicted octanol–water partition coefficient (Wildman–Crippen LogP) is 2.93. The zero-order valence-electron chi connectivity index (χ0n) is 10.1. The molecule has 0 bridgehead atoms. The summed E-state index contributed by atoms with van der Waals surface area (Å²) in [4.78, 5) is 0. The van der Waals surface area contributed by atoms with E-state index in [1.165, 1.54) is 0 Å². The summed E-state index contributed by atoms with van der Waals surface area (Å²) in [7, 11) is 0. The second-order valence-electron chi connectivity index (χ2n) is 4.59. The van der Waals surface area contributed by atoms with Gasteiger partial charge in [0, 0.05) is 24.2 Å². The molecule has 0 saturated heterocycles. The van der Waals surface area contributed by atoms with E-state index >= 15 is 0 Å². The lowest BCUT2D eigenvalue weighted by Crippen LogP contribution is -2.33. The van der Waals surface area contributed by atoms with Crippen LogP contribution in [-0.4, -0.2) is 20.8 Å². The van der Waals surface area contributed by atoms with Gasteiger partial charge in [-0.15, -0.1) is 0 Å². The maximum absolute atomic E-state index is 13.4. The molecule has 1 heterocycles. The number of nitrogens with zero attached hydrogens (tertiary/aromatic N) is 2. The molecular formula is C11H13F5N2O. The van der Waals surface area contributed by atoms with Gasteiger partial charge < -0.3 is 5.11 Å². The Labute approximate surface area is 106 Å². The van der Waals surface area contributed by atoms with E-state index in [0.717, 1.165) is 4.68 Å². The van der Waals surface area contributed by atoms with Crippen LogP contribution in [0.1, 0.15) is 42.8 Å². The minimum absolute atomic E-state index is 0.0626. The lowest BCUT2D eigenvalue weighted by atomic mass is 9.89. The summed E-state index contributed by atoms with van der Waals surface area (Å²) in [5.41, 5.74) is -2.10. The van der Waals surface area contributed by atoms with E-state index in [4.69, 9.17) is 0 Å². The quantitative estimate of drug-likeness (QED) is 0.848. The van der Waals surface area contributed by atoms with Gasteiger partial charge in [0.05, 0.1) is 0 Å². The summed E-state index contributed by atoms with van der Waals surface area (Å²) in [6.07, 6.45) is -7.66. The fourth-order valence-electron chi connectivity index (χ4n) is 2.30. The highest BCUT2D eigenvalue weighted by molar-refractivity contribution is 5.35. The highest BCUT2D eigenvalue weighted by atomic mass is 19.4. The molecular weight excluding hydrogens is 271 g/mol. The molecule has 1 atom stereocenters. The van der Waals surface area contributed by atoms with Crippen molar-refractivity contribution in [2.45, 2.75) is 50.9 Å². The highest BCUT2D eigenvalue weighted by Gasteiger charge is 2.51. The standard InChI is InChI=1S/C11H13F5N2O/c1-2-5-18-6-3-4-10(12,13)9(19)7(6)8(17-18)11(14,15)16/h9,19H,2-5H2,1H3/t9-/m0/s1. The summed E-state index contributed by atoms with van der Waals surface area (Å²) in [6.45, 7) is 1.95. The van der Waals surface area contributed by atoms with Gasteiger partial charge in [-0.05, 0) is 12.8 Å². The van der Waals surface area contributed by atoms with Gasteiger partial charge in [0.15, 0.2) is 5.69 Å². The van der Waals surface area contributed by atoms with Crippen LogP contribution in [-0.2, 0) is 19.1 Å². The van der Waals surface area contributed by atoms with Crippen molar-refractivity contribution in [3.63, 3.8) is 0 Å². The van der Waals surface area contributed by atoms with Crippen LogP contribution in [0.2, 0.25) is 0 Å². The number of hydrogen-bond acceptors (Lipinski definition) is 2. The molecule has 108 valence electrons. The molecule has 0 radical (unpaired) electrons. The van der Waals surface area contributed by atoms with E-state index in [2.05, 4.69) is 5.10 Å². The third-order valence-electron chi connectivity index (χ3n) is 3.17. The SMILES string of the molecule is CCCn1nc(C(F)(F)F)c2c1CCC(F)(F)[C@H]2O. The molecule has 0 fully saturated rings. The largest absolute Gasteiger partial charge is 0.435 e. The first-order chi connectivity index (χ1) is 8.68. The molecule has 1 aliphatic carbocycles. The van der Waals surface area contributed by atoms with Crippen molar-refractivity contribution < 1.29 is 27.1 Å². The second kappa shape index (κ2) is 4.43. The second-order valence-corrected chi connectivity index (χ2v) is 4.59. The van der Waals surface area contributed by atoms with Crippen molar-refractivity contribution >= 4 is 0 Å². The molecule has 1 N–H and O–H groups in total. The van der Waals surface area contributed by atoms with Gasteiger partial charge in [-0.2, -0.15) is 18.3 Å². The maximum Gasteiger partial charge on any atom is 0.435 e. The average Bonchev–Trinajstić information content (AvgIpc) is 2.64. The minimum Gasteiger partial charge on any atom is -0.382 e. The number of aryl methyl sites for hydroxylation is 1. The molecule has 2 rings (SSSR count). The van der Waals surface area contributed by atoms with Gasteiger partial charge in [0.1, 0.15) is 6.10 Å². The Kier molecular flexibility index (Phi) is 3.32. The van der Waals surface area contributed by atoms with Gasteiger partial charge in [-0.3, -0.25) is 4.68 Å². The molecule has 0 unspecified atom stereocenters. The molecule has 19 heavy (non-hydrogen) atoms. The van der Waals surface area contributed by atoms with Crippen LogP contribution in [0.4, 0.5) is 22.0 Å². The van der Waals surface area contributed by atoms with Gasteiger partial charge in [-0.25, -0.2) is 8.78 Å². The molecule has 1 aromatic heterocycles. The molecule has 8 heteroatoms. The number of alkyl halides is 5. The van der Waals surface area contributed by atoms with Gasteiger partial charge in [0.25, 0.3) is 5.92 Å². The first kappa shape index (κ1) is 14.2. The van der Waals surface area contributed by atoms with E-state index in [1.807, 2.05) is 0 Å². The van der Waals surface area contributed by atoms with Crippen molar-refractivity contribution in [2.24, 2.45) is 0 Å². The maximum atomic E-state index is 13.4. The van der Waals surface area contributed by atoms with Crippen molar-refractivity contribution in [1.29, 1.82) is 0 Å². The van der Waals surface area contributed by atoms with Crippen LogP contribution in [0, 0.1) is 0 Å². The van der Waals surface area contributed by atoms with Gasteiger partial charge in [-0.1, -0.05) is 6.92 Å². The zero-order valence-corrected chi connectivity index (χ0v) is 10.1. The minimum atomic E-state index is -4.85. The normalized spacial score (nSPS) is 22.4. The molecule has 0 amide bonds. The number of aromatic nitrogens is 2. The molecule has 0 spiro atoms. The molecule has 0 aliphatic heterocycles. The molecule has 3 nitrogen and oxygen atoms in total. The Morgan fingerprint density at radius 1 is 1.42 bits per heavy atom. The van der Waals surface area contributed by atoms with E-state index in [-0.39, 0.29) is 18.7 Å². The van der Waals surface area contributed by atoms with Crippen molar-refractivity contribution in [1.82, 2.24) is 9.78 Å². The zero-order chi connectivity index (χ0) is 14.4. The summed E-state index contributed by atoms with van der Waals surface area (Å²) >= 11 is 0. The van der Waals surface area contributed by atoms with E-state index in [9.17, 15) is 27.1 Å². The third kappa shape index (κ3) is 2.33. The number of hydrogen-bond donors (Lipinski definition) is 1. The van der Waals surface area contributed by atoms with E-state index in [1.54, 1.807) is 6.92 Å². The van der Waals surface area contributed by atoms with Gasteiger partial charge >= 0.3 is 6.18 Å². The average molecular weight is 284 g/mol. The molecule has 0 aromatic carbocycles. The smallest absolute Gasteiger partial charge is 0.382 e.